The number of esters is 1. The van der Waals surface area contributed by atoms with Gasteiger partial charge in [0.15, 0.2) is 5.82 Å². The minimum absolute atomic E-state index is 0.343. The Labute approximate surface area is 97.2 Å². The van der Waals surface area contributed by atoms with Gasteiger partial charge in [-0.2, -0.15) is 9.90 Å². The summed E-state index contributed by atoms with van der Waals surface area (Å²) in [6, 6.07) is 0. The highest BCUT2D eigenvalue weighted by atomic mass is 16.5. The molecular formula is C9H12N6O2. The second-order valence-corrected chi connectivity index (χ2v) is 3.34. The first-order chi connectivity index (χ1) is 8.19. The molecule has 0 aliphatic heterocycles. The Morgan fingerprint density at radius 1 is 1.53 bits per heavy atom. The lowest BCUT2D eigenvalue weighted by Gasteiger charge is -1.97. The molecule has 0 spiro atoms. The monoisotopic (exact) mass is 236 g/mol. The molecule has 0 bridgehead atoms. The van der Waals surface area contributed by atoms with Crippen LogP contribution in [0.15, 0.2) is 12.4 Å². The zero-order valence-electron chi connectivity index (χ0n) is 9.57. The highest BCUT2D eigenvalue weighted by Crippen LogP contribution is 2.01. The summed E-state index contributed by atoms with van der Waals surface area (Å²) >= 11 is 0. The molecule has 0 unspecified atom stereocenters. The summed E-state index contributed by atoms with van der Waals surface area (Å²) in [4.78, 5) is 12.8. The molecule has 2 aromatic heterocycles. The van der Waals surface area contributed by atoms with Crippen LogP contribution in [0.3, 0.4) is 0 Å². The summed E-state index contributed by atoms with van der Waals surface area (Å²) in [5, 5.41) is 15.6. The van der Waals surface area contributed by atoms with E-state index in [-0.39, 0.29) is 5.97 Å². The van der Waals surface area contributed by atoms with Gasteiger partial charge in [-0.15, -0.1) is 10.2 Å². The molecule has 0 amide bonds. The number of rotatable bonds is 4. The number of carbonyl (C=O) groups excluding carboxylic acids is 1. The van der Waals surface area contributed by atoms with E-state index in [2.05, 4.69) is 20.5 Å². The lowest BCUT2D eigenvalue weighted by molar-refractivity contribution is 0.0526. The van der Waals surface area contributed by atoms with Gasteiger partial charge in [0.1, 0.15) is 6.54 Å². The Balaban J connectivity index is 2.06. The van der Waals surface area contributed by atoms with Gasteiger partial charge in [0, 0.05) is 6.20 Å². The minimum atomic E-state index is -0.383. The van der Waals surface area contributed by atoms with Gasteiger partial charge in [0.05, 0.1) is 25.4 Å². The van der Waals surface area contributed by atoms with E-state index in [0.717, 1.165) is 0 Å². The lowest BCUT2D eigenvalue weighted by Crippen LogP contribution is -2.05. The van der Waals surface area contributed by atoms with Crippen LogP contribution in [0.2, 0.25) is 0 Å². The predicted octanol–water partition coefficient (Wildman–Crippen LogP) is -0.368. The summed E-state index contributed by atoms with van der Waals surface area (Å²) in [5.41, 5.74) is 0.413. The van der Waals surface area contributed by atoms with Gasteiger partial charge in [-0.25, -0.2) is 4.79 Å². The molecule has 90 valence electrons. The normalized spacial score (nSPS) is 10.5. The van der Waals surface area contributed by atoms with E-state index in [1.54, 1.807) is 24.9 Å². The van der Waals surface area contributed by atoms with Crippen LogP contribution in [-0.4, -0.2) is 42.6 Å². The number of nitrogens with zero attached hydrogens (tertiary/aromatic N) is 6. The Kier molecular flexibility index (Phi) is 3.12. The summed E-state index contributed by atoms with van der Waals surface area (Å²) < 4.78 is 6.41. The zero-order chi connectivity index (χ0) is 12.3. The van der Waals surface area contributed by atoms with Gasteiger partial charge in [-0.05, 0) is 12.1 Å². The lowest BCUT2D eigenvalue weighted by atomic mass is 10.4. The SMILES string of the molecule is CCOC(=O)c1cnn(Cc2nnn(C)n2)c1. The third kappa shape index (κ3) is 2.65. The average Bonchev–Trinajstić information content (AvgIpc) is 2.89. The molecule has 0 fully saturated rings. The van der Waals surface area contributed by atoms with Crippen LogP contribution in [0.1, 0.15) is 23.1 Å². The van der Waals surface area contributed by atoms with Gasteiger partial charge < -0.3 is 4.74 Å². The summed E-state index contributed by atoms with van der Waals surface area (Å²) in [5.74, 6) is 0.150. The van der Waals surface area contributed by atoms with E-state index in [9.17, 15) is 4.79 Å². The number of hydrogen-bond donors (Lipinski definition) is 0. The van der Waals surface area contributed by atoms with Gasteiger partial charge in [-0.3, -0.25) is 4.68 Å². The minimum Gasteiger partial charge on any atom is -0.462 e. The van der Waals surface area contributed by atoms with Gasteiger partial charge in [0.25, 0.3) is 0 Å². The highest BCUT2D eigenvalue weighted by molar-refractivity contribution is 5.88. The molecule has 0 saturated carbocycles. The third-order valence-electron chi connectivity index (χ3n) is 2.00. The molecule has 0 aliphatic rings. The van der Waals surface area contributed by atoms with Crippen LogP contribution < -0.4 is 0 Å². The number of aryl methyl sites for hydroxylation is 1. The Morgan fingerprint density at radius 3 is 3.00 bits per heavy atom. The van der Waals surface area contributed by atoms with Crippen LogP contribution in [0.4, 0.5) is 0 Å². The number of hydrogen-bond acceptors (Lipinski definition) is 6. The van der Waals surface area contributed by atoms with Crippen molar-refractivity contribution < 1.29 is 9.53 Å². The van der Waals surface area contributed by atoms with E-state index in [0.29, 0.717) is 24.5 Å². The van der Waals surface area contributed by atoms with Gasteiger partial charge in [-0.1, -0.05) is 0 Å². The van der Waals surface area contributed by atoms with E-state index in [1.165, 1.54) is 11.0 Å². The molecule has 2 rings (SSSR count). The van der Waals surface area contributed by atoms with E-state index >= 15 is 0 Å². The van der Waals surface area contributed by atoms with Crippen molar-refractivity contribution in [1.82, 2.24) is 30.0 Å². The summed E-state index contributed by atoms with van der Waals surface area (Å²) in [6.45, 7) is 2.47. The quantitative estimate of drug-likeness (QED) is 0.673. The van der Waals surface area contributed by atoms with Crippen LogP contribution in [0, 0.1) is 0 Å². The number of carbonyl (C=O) groups is 1. The average molecular weight is 236 g/mol. The van der Waals surface area contributed by atoms with Crippen molar-refractivity contribution in [2.75, 3.05) is 6.61 Å². The van der Waals surface area contributed by atoms with Crippen LogP contribution in [0.5, 0.6) is 0 Å². The molecule has 0 N–H and O–H groups in total. The maximum Gasteiger partial charge on any atom is 0.341 e. The molecule has 0 aromatic carbocycles. The third-order valence-corrected chi connectivity index (χ3v) is 2.00. The number of aromatic nitrogens is 6. The van der Waals surface area contributed by atoms with Crippen LogP contribution >= 0.6 is 0 Å². The van der Waals surface area contributed by atoms with Crippen molar-refractivity contribution in [2.45, 2.75) is 13.5 Å². The second kappa shape index (κ2) is 4.73. The number of ether oxygens (including phenoxy) is 1. The molecule has 2 aromatic rings. The second-order valence-electron chi connectivity index (χ2n) is 3.34. The van der Waals surface area contributed by atoms with Crippen LogP contribution in [-0.2, 0) is 18.3 Å². The van der Waals surface area contributed by atoms with Crippen molar-refractivity contribution in [1.29, 1.82) is 0 Å². The zero-order valence-corrected chi connectivity index (χ0v) is 9.57. The molecule has 2 heterocycles. The van der Waals surface area contributed by atoms with Crippen molar-refractivity contribution in [3.8, 4) is 0 Å². The van der Waals surface area contributed by atoms with Gasteiger partial charge >= 0.3 is 5.97 Å². The molecule has 8 heteroatoms. The summed E-state index contributed by atoms with van der Waals surface area (Å²) in [7, 11) is 1.68. The van der Waals surface area contributed by atoms with E-state index < -0.39 is 0 Å². The molecule has 0 saturated heterocycles. The largest absolute Gasteiger partial charge is 0.462 e. The molecule has 8 nitrogen and oxygen atoms in total. The topological polar surface area (TPSA) is 87.7 Å². The molecular weight excluding hydrogens is 224 g/mol. The maximum atomic E-state index is 11.4. The Morgan fingerprint density at radius 2 is 2.35 bits per heavy atom. The fourth-order valence-corrected chi connectivity index (χ4v) is 1.30. The fourth-order valence-electron chi connectivity index (χ4n) is 1.30. The first-order valence-corrected chi connectivity index (χ1v) is 5.11. The van der Waals surface area contributed by atoms with Gasteiger partial charge in [0.2, 0.25) is 0 Å². The van der Waals surface area contributed by atoms with Crippen molar-refractivity contribution >= 4 is 5.97 Å². The van der Waals surface area contributed by atoms with E-state index in [1.807, 2.05) is 0 Å². The maximum absolute atomic E-state index is 11.4. The molecule has 17 heavy (non-hydrogen) atoms. The highest BCUT2D eigenvalue weighted by Gasteiger charge is 2.10. The van der Waals surface area contributed by atoms with Crippen molar-refractivity contribution in [3.63, 3.8) is 0 Å². The van der Waals surface area contributed by atoms with Crippen LogP contribution in [0.25, 0.3) is 0 Å². The smallest absolute Gasteiger partial charge is 0.341 e. The summed E-state index contributed by atoms with van der Waals surface area (Å²) in [6.07, 6.45) is 3.04. The first kappa shape index (κ1) is 11.2. The molecule has 0 radical (unpaired) electrons. The Bertz CT molecular complexity index is 517. The Hall–Kier alpha value is -2.25. The predicted molar refractivity (Wildman–Crippen MR) is 56.1 cm³/mol. The fraction of sp³-hybridized carbons (Fsp3) is 0.444. The number of tetrazole rings is 1. The first-order valence-electron chi connectivity index (χ1n) is 5.11. The van der Waals surface area contributed by atoms with E-state index in [4.69, 9.17) is 4.74 Å². The van der Waals surface area contributed by atoms with Crippen molar-refractivity contribution in [3.05, 3.63) is 23.8 Å². The molecule has 0 aliphatic carbocycles. The standard InChI is InChI=1S/C9H12N6O2/c1-3-17-9(16)7-4-10-15(5-7)6-8-11-13-14(2)12-8/h4-5H,3,6H2,1-2H3. The molecule has 0 atom stereocenters. The van der Waals surface area contributed by atoms with Crippen molar-refractivity contribution in [2.24, 2.45) is 7.05 Å².